The topological polar surface area (TPSA) is 58.4 Å². The molecule has 2 unspecified atom stereocenters. The van der Waals surface area contributed by atoms with Crippen LogP contribution in [0.5, 0.6) is 0 Å². The molecular weight excluding hydrogens is 198 g/mol. The molecule has 2 atom stereocenters. The van der Waals surface area contributed by atoms with E-state index in [4.69, 9.17) is 5.84 Å². The second-order valence-corrected chi connectivity index (χ2v) is 4.28. The van der Waals surface area contributed by atoms with Crippen LogP contribution in [0.3, 0.4) is 0 Å². The SMILES string of the molecule is CCC(CSC)N(C)C(C)C(=O)NN. The van der Waals surface area contributed by atoms with Gasteiger partial charge in [-0.25, -0.2) is 5.84 Å². The molecule has 0 aromatic carbocycles. The summed E-state index contributed by atoms with van der Waals surface area (Å²) in [6, 6.07) is 0.259. The third-order valence-corrected chi connectivity index (χ3v) is 3.26. The van der Waals surface area contributed by atoms with E-state index in [1.54, 1.807) is 11.8 Å². The van der Waals surface area contributed by atoms with Crippen molar-refractivity contribution < 1.29 is 4.79 Å². The highest BCUT2D eigenvalue weighted by molar-refractivity contribution is 7.98. The number of nitrogens with one attached hydrogen (secondary N) is 1. The van der Waals surface area contributed by atoms with Crippen LogP contribution in [0.4, 0.5) is 0 Å². The van der Waals surface area contributed by atoms with Crippen molar-refractivity contribution in [1.29, 1.82) is 0 Å². The molecule has 14 heavy (non-hydrogen) atoms. The summed E-state index contributed by atoms with van der Waals surface area (Å²) in [5.41, 5.74) is 2.18. The molecule has 0 spiro atoms. The molecule has 0 aromatic heterocycles. The van der Waals surface area contributed by atoms with E-state index >= 15 is 0 Å². The Balaban J connectivity index is 4.25. The van der Waals surface area contributed by atoms with Crippen LogP contribution in [-0.2, 0) is 4.79 Å². The molecule has 0 aliphatic carbocycles. The van der Waals surface area contributed by atoms with Gasteiger partial charge in [-0.15, -0.1) is 0 Å². The van der Waals surface area contributed by atoms with Crippen molar-refractivity contribution in [3.05, 3.63) is 0 Å². The number of amides is 1. The van der Waals surface area contributed by atoms with E-state index < -0.39 is 0 Å². The van der Waals surface area contributed by atoms with Crippen LogP contribution in [0.15, 0.2) is 0 Å². The van der Waals surface area contributed by atoms with Crippen LogP contribution in [0.25, 0.3) is 0 Å². The summed E-state index contributed by atoms with van der Waals surface area (Å²) in [6.45, 7) is 4.00. The van der Waals surface area contributed by atoms with E-state index in [0.29, 0.717) is 6.04 Å². The number of carbonyl (C=O) groups excluding carboxylic acids is 1. The van der Waals surface area contributed by atoms with Crippen LogP contribution in [-0.4, -0.2) is 41.9 Å². The molecule has 0 rings (SSSR count). The molecule has 0 saturated heterocycles. The Morgan fingerprint density at radius 1 is 1.64 bits per heavy atom. The fraction of sp³-hybridized carbons (Fsp3) is 0.889. The van der Waals surface area contributed by atoms with Gasteiger partial charge in [0.05, 0.1) is 6.04 Å². The first-order valence-corrected chi connectivity index (χ1v) is 6.19. The number of nitrogens with zero attached hydrogens (tertiary/aromatic N) is 1. The summed E-state index contributed by atoms with van der Waals surface area (Å²) in [4.78, 5) is 13.4. The molecule has 5 heteroatoms. The molecule has 0 radical (unpaired) electrons. The van der Waals surface area contributed by atoms with E-state index in [1.165, 1.54) is 0 Å². The molecule has 0 bridgehead atoms. The molecule has 1 amide bonds. The van der Waals surface area contributed by atoms with Crippen LogP contribution < -0.4 is 11.3 Å². The Kier molecular flexibility index (Phi) is 6.96. The van der Waals surface area contributed by atoms with E-state index in [9.17, 15) is 4.79 Å². The Morgan fingerprint density at radius 2 is 2.21 bits per heavy atom. The van der Waals surface area contributed by atoms with Gasteiger partial charge in [0.2, 0.25) is 0 Å². The predicted molar refractivity (Wildman–Crippen MR) is 62.0 cm³/mol. The fourth-order valence-corrected chi connectivity index (χ4v) is 2.19. The lowest BCUT2D eigenvalue weighted by molar-refractivity contribution is -0.126. The third-order valence-electron chi connectivity index (χ3n) is 2.54. The Hall–Kier alpha value is -0.260. The zero-order valence-corrected chi connectivity index (χ0v) is 10.2. The maximum atomic E-state index is 11.3. The van der Waals surface area contributed by atoms with Crippen molar-refractivity contribution in [3.8, 4) is 0 Å². The van der Waals surface area contributed by atoms with Crippen molar-refractivity contribution in [3.63, 3.8) is 0 Å². The van der Waals surface area contributed by atoms with Crippen LogP contribution in [0.2, 0.25) is 0 Å². The third kappa shape index (κ3) is 3.86. The minimum absolute atomic E-state index is 0.132. The van der Waals surface area contributed by atoms with Gasteiger partial charge in [-0.3, -0.25) is 15.1 Å². The first-order chi connectivity index (χ1) is 6.58. The summed E-state index contributed by atoms with van der Waals surface area (Å²) in [7, 11) is 1.96. The van der Waals surface area contributed by atoms with Gasteiger partial charge in [-0.05, 0) is 26.6 Å². The van der Waals surface area contributed by atoms with Crippen molar-refractivity contribution in [1.82, 2.24) is 10.3 Å². The number of hydrogen-bond acceptors (Lipinski definition) is 4. The molecule has 0 fully saturated rings. The number of nitrogens with two attached hydrogens (primary N) is 1. The van der Waals surface area contributed by atoms with E-state index in [1.807, 2.05) is 14.0 Å². The minimum atomic E-state index is -0.169. The predicted octanol–water partition coefficient (Wildman–Crippen LogP) is 0.438. The van der Waals surface area contributed by atoms with Crippen molar-refractivity contribution >= 4 is 17.7 Å². The lowest BCUT2D eigenvalue weighted by Crippen LogP contribution is -2.50. The van der Waals surface area contributed by atoms with E-state index in [2.05, 4.69) is 23.5 Å². The number of hydrogen-bond donors (Lipinski definition) is 2. The van der Waals surface area contributed by atoms with Gasteiger partial charge in [0.15, 0.2) is 0 Å². The second kappa shape index (κ2) is 7.09. The first kappa shape index (κ1) is 13.7. The lowest BCUT2D eigenvalue weighted by Gasteiger charge is -2.30. The van der Waals surface area contributed by atoms with Gasteiger partial charge < -0.3 is 0 Å². The molecule has 84 valence electrons. The normalized spacial score (nSPS) is 15.3. The Bertz CT molecular complexity index is 177. The zero-order chi connectivity index (χ0) is 11.1. The summed E-state index contributed by atoms with van der Waals surface area (Å²) < 4.78 is 0. The highest BCUT2D eigenvalue weighted by atomic mass is 32.2. The maximum absolute atomic E-state index is 11.3. The number of hydrazine groups is 1. The molecule has 0 aliphatic heterocycles. The Labute approximate surface area is 90.6 Å². The fourth-order valence-electron chi connectivity index (χ4n) is 1.34. The number of rotatable bonds is 6. The van der Waals surface area contributed by atoms with Crippen LogP contribution >= 0.6 is 11.8 Å². The van der Waals surface area contributed by atoms with Gasteiger partial charge in [0.1, 0.15) is 0 Å². The van der Waals surface area contributed by atoms with Gasteiger partial charge in [0, 0.05) is 11.8 Å². The highest BCUT2D eigenvalue weighted by Gasteiger charge is 2.22. The smallest absolute Gasteiger partial charge is 0.250 e. The largest absolute Gasteiger partial charge is 0.293 e. The van der Waals surface area contributed by atoms with Gasteiger partial charge in [-0.2, -0.15) is 11.8 Å². The average Bonchev–Trinajstić information content (AvgIpc) is 2.22. The summed E-state index contributed by atoms with van der Waals surface area (Å²) in [5, 5.41) is 0. The summed E-state index contributed by atoms with van der Waals surface area (Å²) in [6.07, 6.45) is 3.11. The number of thioether (sulfide) groups is 1. The van der Waals surface area contributed by atoms with Crippen molar-refractivity contribution in [2.75, 3.05) is 19.1 Å². The summed E-state index contributed by atoms with van der Waals surface area (Å²) >= 11 is 1.79. The standard InChI is InChI=1S/C9H21N3OS/c1-5-8(6-14-4)12(3)7(2)9(13)11-10/h7-8H,5-6,10H2,1-4H3,(H,11,13). The van der Waals surface area contributed by atoms with E-state index in [-0.39, 0.29) is 11.9 Å². The minimum Gasteiger partial charge on any atom is -0.293 e. The van der Waals surface area contributed by atoms with Crippen molar-refractivity contribution in [2.24, 2.45) is 5.84 Å². The lowest BCUT2D eigenvalue weighted by atomic mass is 10.2. The Morgan fingerprint density at radius 3 is 2.57 bits per heavy atom. The van der Waals surface area contributed by atoms with Gasteiger partial charge in [0.25, 0.3) is 5.91 Å². The number of carbonyl (C=O) groups is 1. The van der Waals surface area contributed by atoms with E-state index in [0.717, 1.165) is 12.2 Å². The highest BCUT2D eigenvalue weighted by Crippen LogP contribution is 2.11. The molecular formula is C9H21N3OS. The van der Waals surface area contributed by atoms with Crippen LogP contribution in [0.1, 0.15) is 20.3 Å². The quantitative estimate of drug-likeness (QED) is 0.386. The van der Waals surface area contributed by atoms with Crippen LogP contribution in [0, 0.1) is 0 Å². The molecule has 0 aliphatic rings. The molecule has 4 nitrogen and oxygen atoms in total. The van der Waals surface area contributed by atoms with Gasteiger partial charge in [-0.1, -0.05) is 6.92 Å². The number of likely N-dealkylation sites (N-methyl/N-ethyl adjacent to an activating group) is 1. The maximum Gasteiger partial charge on any atom is 0.250 e. The summed E-state index contributed by atoms with van der Waals surface area (Å²) in [5.74, 6) is 6.00. The van der Waals surface area contributed by atoms with Gasteiger partial charge >= 0.3 is 0 Å². The zero-order valence-electron chi connectivity index (χ0n) is 9.41. The monoisotopic (exact) mass is 219 g/mol. The van der Waals surface area contributed by atoms with Crippen molar-refractivity contribution in [2.45, 2.75) is 32.4 Å². The second-order valence-electron chi connectivity index (χ2n) is 3.37. The first-order valence-electron chi connectivity index (χ1n) is 4.79. The molecule has 3 N–H and O–H groups in total. The molecule has 0 saturated carbocycles. The molecule has 0 aromatic rings. The molecule has 0 heterocycles. The average molecular weight is 219 g/mol.